The molecule has 2 aliphatic rings. The molecule has 2 atom stereocenters. The van der Waals surface area contributed by atoms with E-state index in [0.717, 1.165) is 19.4 Å². The molecule has 0 unspecified atom stereocenters. The van der Waals surface area contributed by atoms with Crippen molar-refractivity contribution in [3.8, 4) is 0 Å². The van der Waals surface area contributed by atoms with E-state index >= 15 is 0 Å². The Bertz CT molecular complexity index is 593. The molecule has 0 N–H and O–H groups in total. The fourth-order valence-corrected chi connectivity index (χ4v) is 4.88. The number of hydrogen-bond acceptors (Lipinski definition) is 1. The van der Waals surface area contributed by atoms with Gasteiger partial charge in [-0.15, -0.1) is 6.58 Å². The number of carbonyl (C=O) groups is 1. The second-order valence-electron chi connectivity index (χ2n) is 7.81. The van der Waals surface area contributed by atoms with Crippen molar-refractivity contribution >= 4 is 6.03 Å². The number of rotatable bonds is 5. The topological polar surface area (TPSA) is 23.6 Å². The van der Waals surface area contributed by atoms with Crippen LogP contribution in [0, 0.1) is 5.92 Å². The minimum Gasteiger partial charge on any atom is -0.322 e. The standard InChI is InChI=1S/C22H32N2O/c1-4-15-22(20-13-9-6-10-14-20)16-17-24(21(25)23(22)3)18(2)19-11-7-5-8-12-19/h4,6,9-10,13-14,18-19H,1,5,7-8,11-12,15-17H2,2-3H3/t18-,22+/m0/s1. The number of nitrogens with zero attached hydrogens (tertiary/aromatic N) is 2. The predicted octanol–water partition coefficient (Wildman–Crippen LogP) is 5.18. The van der Waals surface area contributed by atoms with Crippen molar-refractivity contribution in [1.29, 1.82) is 0 Å². The van der Waals surface area contributed by atoms with Crippen LogP contribution in [0.3, 0.4) is 0 Å². The molecule has 136 valence electrons. The van der Waals surface area contributed by atoms with Gasteiger partial charge in [-0.1, -0.05) is 55.7 Å². The first-order chi connectivity index (χ1) is 12.1. The van der Waals surface area contributed by atoms with E-state index in [9.17, 15) is 4.79 Å². The van der Waals surface area contributed by atoms with Crippen molar-refractivity contribution < 1.29 is 4.79 Å². The summed E-state index contributed by atoms with van der Waals surface area (Å²) in [6.07, 6.45) is 10.2. The highest BCUT2D eigenvalue weighted by Crippen LogP contribution is 2.41. The van der Waals surface area contributed by atoms with Crippen LogP contribution in [0.4, 0.5) is 4.79 Å². The summed E-state index contributed by atoms with van der Waals surface area (Å²) in [5.74, 6) is 0.662. The van der Waals surface area contributed by atoms with Crippen molar-refractivity contribution in [2.45, 2.75) is 63.5 Å². The third-order valence-corrected chi connectivity index (χ3v) is 6.56. The van der Waals surface area contributed by atoms with Crippen molar-refractivity contribution in [2.75, 3.05) is 13.6 Å². The van der Waals surface area contributed by atoms with Crippen LogP contribution in [0.25, 0.3) is 0 Å². The molecule has 1 aromatic carbocycles. The third kappa shape index (κ3) is 3.33. The van der Waals surface area contributed by atoms with Gasteiger partial charge in [0, 0.05) is 19.6 Å². The summed E-state index contributed by atoms with van der Waals surface area (Å²) in [6.45, 7) is 7.05. The second kappa shape index (κ2) is 7.63. The van der Waals surface area contributed by atoms with E-state index in [4.69, 9.17) is 0 Å². The third-order valence-electron chi connectivity index (χ3n) is 6.56. The van der Waals surface area contributed by atoms with Gasteiger partial charge in [0.2, 0.25) is 0 Å². The van der Waals surface area contributed by atoms with Crippen LogP contribution in [0.15, 0.2) is 43.0 Å². The van der Waals surface area contributed by atoms with E-state index in [1.165, 1.54) is 37.7 Å². The zero-order valence-corrected chi connectivity index (χ0v) is 15.8. The minimum absolute atomic E-state index is 0.176. The normalized spacial score (nSPS) is 26.6. The molecular weight excluding hydrogens is 308 g/mol. The molecular formula is C22H32N2O. The van der Waals surface area contributed by atoms with E-state index < -0.39 is 0 Å². The maximum atomic E-state index is 13.3. The monoisotopic (exact) mass is 340 g/mol. The molecule has 2 amide bonds. The van der Waals surface area contributed by atoms with Gasteiger partial charge in [-0.3, -0.25) is 0 Å². The van der Waals surface area contributed by atoms with Crippen LogP contribution in [-0.2, 0) is 5.54 Å². The summed E-state index contributed by atoms with van der Waals surface area (Å²) in [4.78, 5) is 17.4. The zero-order chi connectivity index (χ0) is 17.9. The molecule has 1 saturated heterocycles. The molecule has 2 fully saturated rings. The molecule has 1 aromatic rings. The molecule has 1 saturated carbocycles. The molecule has 1 heterocycles. The fourth-order valence-electron chi connectivity index (χ4n) is 4.88. The SMILES string of the molecule is C=CC[C@]1(c2ccccc2)CCN([C@@H](C)C2CCCCC2)C(=O)N1C. The molecule has 25 heavy (non-hydrogen) atoms. The molecule has 1 aliphatic heterocycles. The van der Waals surface area contributed by atoms with Gasteiger partial charge in [0.1, 0.15) is 0 Å². The first-order valence-electron chi connectivity index (χ1n) is 9.81. The smallest absolute Gasteiger partial charge is 0.320 e. The van der Waals surface area contributed by atoms with Gasteiger partial charge in [-0.2, -0.15) is 0 Å². The Morgan fingerprint density at radius 1 is 1.24 bits per heavy atom. The molecule has 0 spiro atoms. The molecule has 0 radical (unpaired) electrons. The first kappa shape index (κ1) is 18.0. The Balaban J connectivity index is 1.83. The Morgan fingerprint density at radius 3 is 2.56 bits per heavy atom. The van der Waals surface area contributed by atoms with E-state index in [-0.39, 0.29) is 11.6 Å². The highest BCUT2D eigenvalue weighted by Gasteiger charge is 2.45. The Hall–Kier alpha value is -1.77. The van der Waals surface area contributed by atoms with Gasteiger partial charge in [0.15, 0.2) is 0 Å². The lowest BCUT2D eigenvalue weighted by Gasteiger charge is -2.51. The highest BCUT2D eigenvalue weighted by atomic mass is 16.2. The zero-order valence-electron chi connectivity index (χ0n) is 15.8. The lowest BCUT2D eigenvalue weighted by molar-refractivity contribution is 0.0285. The second-order valence-corrected chi connectivity index (χ2v) is 7.81. The summed E-state index contributed by atoms with van der Waals surface area (Å²) >= 11 is 0. The van der Waals surface area contributed by atoms with E-state index in [0.29, 0.717) is 12.0 Å². The van der Waals surface area contributed by atoms with Crippen LogP contribution in [0.5, 0.6) is 0 Å². The van der Waals surface area contributed by atoms with Crippen LogP contribution in [-0.4, -0.2) is 35.5 Å². The summed E-state index contributed by atoms with van der Waals surface area (Å²) in [7, 11) is 1.97. The lowest BCUT2D eigenvalue weighted by Crippen LogP contribution is -2.61. The van der Waals surface area contributed by atoms with Gasteiger partial charge in [0.05, 0.1) is 5.54 Å². The Kier molecular flexibility index (Phi) is 5.51. The summed E-state index contributed by atoms with van der Waals surface area (Å²) in [5.41, 5.74) is 0.957. The molecule has 3 nitrogen and oxygen atoms in total. The molecule has 0 aromatic heterocycles. The molecule has 3 heteroatoms. The Labute approximate surface area is 152 Å². The van der Waals surface area contributed by atoms with E-state index in [2.05, 4.69) is 42.7 Å². The predicted molar refractivity (Wildman–Crippen MR) is 103 cm³/mol. The van der Waals surface area contributed by atoms with Gasteiger partial charge < -0.3 is 9.80 Å². The minimum atomic E-state index is -0.261. The lowest BCUT2D eigenvalue weighted by atomic mass is 9.79. The van der Waals surface area contributed by atoms with E-state index in [1.54, 1.807) is 0 Å². The van der Waals surface area contributed by atoms with Crippen LogP contribution in [0.1, 0.15) is 57.4 Å². The number of hydrogen-bond donors (Lipinski definition) is 0. The maximum Gasteiger partial charge on any atom is 0.320 e. The van der Waals surface area contributed by atoms with Crippen molar-refractivity contribution in [2.24, 2.45) is 5.92 Å². The van der Waals surface area contributed by atoms with Crippen LogP contribution >= 0.6 is 0 Å². The average molecular weight is 341 g/mol. The fraction of sp³-hybridized carbons (Fsp3) is 0.591. The quantitative estimate of drug-likeness (QED) is 0.677. The Morgan fingerprint density at radius 2 is 1.92 bits per heavy atom. The van der Waals surface area contributed by atoms with Crippen molar-refractivity contribution in [3.05, 3.63) is 48.6 Å². The highest BCUT2D eigenvalue weighted by molar-refractivity contribution is 5.77. The number of carbonyl (C=O) groups excluding carboxylic acids is 1. The maximum absolute atomic E-state index is 13.3. The largest absolute Gasteiger partial charge is 0.322 e. The summed E-state index contributed by atoms with van der Waals surface area (Å²) < 4.78 is 0. The molecule has 3 rings (SSSR count). The van der Waals surface area contributed by atoms with Gasteiger partial charge in [-0.05, 0) is 44.1 Å². The number of urea groups is 1. The number of benzene rings is 1. The van der Waals surface area contributed by atoms with Gasteiger partial charge in [0.25, 0.3) is 0 Å². The summed E-state index contributed by atoms with van der Waals surface area (Å²) in [6, 6.07) is 11.0. The number of amides is 2. The van der Waals surface area contributed by atoms with Crippen LogP contribution < -0.4 is 0 Å². The molecule has 1 aliphatic carbocycles. The van der Waals surface area contributed by atoms with E-state index in [1.807, 2.05) is 24.1 Å². The average Bonchev–Trinajstić information content (AvgIpc) is 2.67. The van der Waals surface area contributed by atoms with Crippen molar-refractivity contribution in [1.82, 2.24) is 9.80 Å². The van der Waals surface area contributed by atoms with Gasteiger partial charge >= 0.3 is 6.03 Å². The summed E-state index contributed by atoms with van der Waals surface area (Å²) in [5, 5.41) is 0. The van der Waals surface area contributed by atoms with Crippen LogP contribution in [0.2, 0.25) is 0 Å². The first-order valence-corrected chi connectivity index (χ1v) is 9.81. The van der Waals surface area contributed by atoms with Gasteiger partial charge in [-0.25, -0.2) is 4.79 Å². The van der Waals surface area contributed by atoms with Crippen molar-refractivity contribution in [3.63, 3.8) is 0 Å². The molecule has 0 bridgehead atoms.